The van der Waals surface area contributed by atoms with Gasteiger partial charge in [0, 0.05) is 4.47 Å². The van der Waals surface area contributed by atoms with Crippen molar-refractivity contribution in [3.63, 3.8) is 0 Å². The fourth-order valence-corrected chi connectivity index (χ4v) is 3.34. The molecule has 112 valence electrons. The first-order valence-electron chi connectivity index (χ1n) is 7.26. The maximum atomic E-state index is 4.62. The van der Waals surface area contributed by atoms with Gasteiger partial charge in [0.05, 0.1) is 18.4 Å². The van der Waals surface area contributed by atoms with E-state index in [2.05, 4.69) is 87.0 Å². The Bertz CT molecular complexity index is 736. The zero-order valence-corrected chi connectivity index (χ0v) is 14.8. The van der Waals surface area contributed by atoms with Crippen molar-refractivity contribution >= 4 is 27.7 Å². The molecule has 0 aliphatic heterocycles. The van der Waals surface area contributed by atoms with E-state index in [4.69, 9.17) is 0 Å². The molecular formula is C18H17BrN2S. The Labute approximate surface area is 143 Å². The summed E-state index contributed by atoms with van der Waals surface area (Å²) in [4.78, 5) is 4.62. The monoisotopic (exact) mass is 372 g/mol. The number of hydrogen-bond acceptors (Lipinski definition) is 2. The van der Waals surface area contributed by atoms with Gasteiger partial charge in [0.25, 0.3) is 0 Å². The summed E-state index contributed by atoms with van der Waals surface area (Å²) in [5, 5.41) is 1.07. The van der Waals surface area contributed by atoms with E-state index in [0.717, 1.165) is 27.6 Å². The van der Waals surface area contributed by atoms with Crippen LogP contribution in [0, 0.1) is 0 Å². The molecule has 0 spiro atoms. The van der Waals surface area contributed by atoms with Gasteiger partial charge in [0.2, 0.25) is 0 Å². The van der Waals surface area contributed by atoms with Crippen LogP contribution in [0.4, 0.5) is 0 Å². The van der Waals surface area contributed by atoms with Gasteiger partial charge in [-0.05, 0) is 29.0 Å². The molecule has 1 aromatic heterocycles. The number of halogens is 1. The van der Waals surface area contributed by atoms with Gasteiger partial charge < -0.3 is 4.57 Å². The number of aromatic nitrogens is 2. The normalized spacial score (nSPS) is 10.8. The lowest BCUT2D eigenvalue weighted by atomic mass is 10.1. The van der Waals surface area contributed by atoms with E-state index in [9.17, 15) is 0 Å². The Balaban J connectivity index is 2.01. The molecule has 22 heavy (non-hydrogen) atoms. The highest BCUT2D eigenvalue weighted by Gasteiger charge is 2.12. The number of benzene rings is 2. The summed E-state index contributed by atoms with van der Waals surface area (Å²) < 4.78 is 3.39. The van der Waals surface area contributed by atoms with Crippen molar-refractivity contribution in [1.29, 1.82) is 0 Å². The molecule has 0 N–H and O–H groups in total. The Morgan fingerprint density at radius 3 is 2.45 bits per heavy atom. The summed E-state index contributed by atoms with van der Waals surface area (Å²) in [6.45, 7) is 3.00. The van der Waals surface area contributed by atoms with Crippen LogP contribution in [0.5, 0.6) is 0 Å². The molecular weight excluding hydrogens is 356 g/mol. The van der Waals surface area contributed by atoms with Crippen molar-refractivity contribution in [1.82, 2.24) is 9.55 Å². The fourth-order valence-electron chi connectivity index (χ4n) is 2.37. The molecule has 0 unspecified atom stereocenters. The molecule has 0 saturated carbocycles. The topological polar surface area (TPSA) is 17.8 Å². The quantitative estimate of drug-likeness (QED) is 0.552. The molecule has 0 aliphatic carbocycles. The third-order valence-corrected chi connectivity index (χ3v) is 4.82. The predicted octanol–water partition coefficient (Wildman–Crippen LogP) is 5.47. The molecule has 2 aromatic carbocycles. The molecule has 3 aromatic rings. The van der Waals surface area contributed by atoms with E-state index in [1.54, 1.807) is 11.8 Å². The van der Waals surface area contributed by atoms with E-state index in [0.29, 0.717) is 0 Å². The van der Waals surface area contributed by atoms with Crippen LogP contribution in [0.25, 0.3) is 11.3 Å². The average Bonchev–Trinajstić information content (AvgIpc) is 2.92. The van der Waals surface area contributed by atoms with Crippen molar-refractivity contribution in [3.8, 4) is 11.3 Å². The van der Waals surface area contributed by atoms with Crippen molar-refractivity contribution < 1.29 is 0 Å². The molecule has 1 heterocycles. The maximum absolute atomic E-state index is 4.62. The molecule has 4 heteroatoms. The van der Waals surface area contributed by atoms with Gasteiger partial charge in [-0.3, -0.25) is 0 Å². The Hall–Kier alpha value is -1.52. The van der Waals surface area contributed by atoms with Crippen molar-refractivity contribution in [2.75, 3.05) is 5.75 Å². The highest BCUT2D eigenvalue weighted by Crippen LogP contribution is 2.28. The van der Waals surface area contributed by atoms with Crippen molar-refractivity contribution in [2.24, 2.45) is 0 Å². The van der Waals surface area contributed by atoms with Gasteiger partial charge in [-0.2, -0.15) is 0 Å². The molecule has 0 aliphatic rings. The summed E-state index contributed by atoms with van der Waals surface area (Å²) in [6.07, 6.45) is 1.98. The van der Waals surface area contributed by atoms with Crippen LogP contribution in [0.3, 0.4) is 0 Å². The third-order valence-electron chi connectivity index (χ3n) is 3.42. The lowest BCUT2D eigenvalue weighted by Crippen LogP contribution is -2.03. The van der Waals surface area contributed by atoms with Crippen molar-refractivity contribution in [3.05, 3.63) is 70.8 Å². The summed E-state index contributed by atoms with van der Waals surface area (Å²) in [5.74, 6) is 1.02. The number of imidazole rings is 1. The summed E-state index contributed by atoms with van der Waals surface area (Å²) in [5.41, 5.74) is 3.64. The van der Waals surface area contributed by atoms with Gasteiger partial charge in [0.1, 0.15) is 0 Å². The minimum absolute atomic E-state index is 0.842. The van der Waals surface area contributed by atoms with E-state index >= 15 is 0 Å². The van der Waals surface area contributed by atoms with Crippen molar-refractivity contribution in [2.45, 2.75) is 18.6 Å². The first kappa shape index (κ1) is 15.4. The molecule has 0 saturated heterocycles. The number of nitrogens with zero attached hydrogens (tertiary/aromatic N) is 2. The SMILES string of the molecule is CCSc1ncc(-c2ccc(Br)cc2)n1Cc1ccccc1. The van der Waals surface area contributed by atoms with Crippen LogP contribution in [0.2, 0.25) is 0 Å². The van der Waals surface area contributed by atoms with Crippen LogP contribution in [0.15, 0.2) is 70.4 Å². The molecule has 0 fully saturated rings. The zero-order valence-electron chi connectivity index (χ0n) is 12.4. The first-order chi connectivity index (χ1) is 10.8. The summed E-state index contributed by atoms with van der Waals surface area (Å²) >= 11 is 5.28. The van der Waals surface area contributed by atoms with Crippen LogP contribution >= 0.6 is 27.7 Å². The first-order valence-corrected chi connectivity index (χ1v) is 9.04. The lowest BCUT2D eigenvalue weighted by molar-refractivity contribution is 0.715. The average molecular weight is 373 g/mol. The van der Waals surface area contributed by atoms with E-state index < -0.39 is 0 Å². The standard InChI is InChI=1S/C18H17BrN2S/c1-2-22-18-20-12-17(15-8-10-16(19)11-9-15)21(18)13-14-6-4-3-5-7-14/h3-12H,2,13H2,1H3. The molecule has 2 nitrogen and oxygen atoms in total. The lowest BCUT2D eigenvalue weighted by Gasteiger charge is -2.12. The second kappa shape index (κ2) is 7.16. The number of thioether (sulfide) groups is 1. The largest absolute Gasteiger partial charge is 0.314 e. The van der Waals surface area contributed by atoms with Crippen LogP contribution in [0.1, 0.15) is 12.5 Å². The van der Waals surface area contributed by atoms with Crippen LogP contribution in [-0.2, 0) is 6.54 Å². The number of hydrogen-bond donors (Lipinski definition) is 0. The fraction of sp³-hybridized carbons (Fsp3) is 0.167. The Kier molecular flexibility index (Phi) is 5.01. The predicted molar refractivity (Wildman–Crippen MR) is 97.3 cm³/mol. The smallest absolute Gasteiger partial charge is 0.168 e. The van der Waals surface area contributed by atoms with Gasteiger partial charge in [-0.15, -0.1) is 0 Å². The summed E-state index contributed by atoms with van der Waals surface area (Å²) in [6, 6.07) is 18.9. The van der Waals surface area contributed by atoms with Gasteiger partial charge >= 0.3 is 0 Å². The number of rotatable bonds is 5. The van der Waals surface area contributed by atoms with Crippen LogP contribution < -0.4 is 0 Å². The highest BCUT2D eigenvalue weighted by atomic mass is 79.9. The van der Waals surface area contributed by atoms with Crippen LogP contribution in [-0.4, -0.2) is 15.3 Å². The second-order valence-corrected chi connectivity index (χ2v) is 7.08. The van der Waals surface area contributed by atoms with Gasteiger partial charge in [-0.25, -0.2) is 4.98 Å². The maximum Gasteiger partial charge on any atom is 0.168 e. The molecule has 0 bridgehead atoms. The molecule has 0 atom stereocenters. The van der Waals surface area contributed by atoms with E-state index in [-0.39, 0.29) is 0 Å². The Morgan fingerprint density at radius 1 is 1.05 bits per heavy atom. The minimum atomic E-state index is 0.842. The molecule has 0 amide bonds. The Morgan fingerprint density at radius 2 is 1.77 bits per heavy atom. The van der Waals surface area contributed by atoms with Gasteiger partial charge in [-0.1, -0.05) is 77.1 Å². The van der Waals surface area contributed by atoms with Gasteiger partial charge in [0.15, 0.2) is 5.16 Å². The summed E-state index contributed by atoms with van der Waals surface area (Å²) in [7, 11) is 0. The van der Waals surface area contributed by atoms with E-state index in [1.165, 1.54) is 11.1 Å². The zero-order chi connectivity index (χ0) is 15.4. The third kappa shape index (κ3) is 3.45. The highest BCUT2D eigenvalue weighted by molar-refractivity contribution is 9.10. The second-order valence-electron chi connectivity index (χ2n) is 4.94. The minimum Gasteiger partial charge on any atom is -0.314 e. The molecule has 0 radical (unpaired) electrons. The molecule has 3 rings (SSSR count). The van der Waals surface area contributed by atoms with E-state index in [1.807, 2.05) is 6.20 Å².